The molecule has 1 heterocycles. The van der Waals surface area contributed by atoms with Gasteiger partial charge in [0.1, 0.15) is 5.82 Å². The molecule has 0 spiro atoms. The molecule has 5 heteroatoms. The Morgan fingerprint density at radius 3 is 2.65 bits per heavy atom. The molecule has 0 fully saturated rings. The van der Waals surface area contributed by atoms with Gasteiger partial charge in [0.2, 0.25) is 0 Å². The van der Waals surface area contributed by atoms with Crippen molar-refractivity contribution in [2.24, 2.45) is 0 Å². The standard InChI is InChI=1S/C15H20FN3S/c1-4-12-14(10-17-3)20-15(18-12)19(5-2)13-9-7-6-8-11(13)16/h6-9,17H,4-5,10H2,1-3H3. The van der Waals surface area contributed by atoms with Gasteiger partial charge < -0.3 is 10.2 Å². The molecule has 1 N–H and O–H groups in total. The van der Waals surface area contributed by atoms with Gasteiger partial charge in [-0.05, 0) is 32.5 Å². The maximum atomic E-state index is 14.0. The van der Waals surface area contributed by atoms with Crippen LogP contribution in [0, 0.1) is 5.82 Å². The molecule has 0 radical (unpaired) electrons. The minimum atomic E-state index is -0.210. The summed E-state index contributed by atoms with van der Waals surface area (Å²) < 4.78 is 14.0. The first-order chi connectivity index (χ1) is 9.71. The predicted molar refractivity (Wildman–Crippen MR) is 83.3 cm³/mol. The maximum Gasteiger partial charge on any atom is 0.190 e. The molecule has 0 atom stereocenters. The normalized spacial score (nSPS) is 10.8. The second-order valence-corrected chi connectivity index (χ2v) is 5.51. The molecule has 1 aromatic carbocycles. The summed E-state index contributed by atoms with van der Waals surface area (Å²) >= 11 is 1.63. The second-order valence-electron chi connectivity index (χ2n) is 4.45. The molecule has 0 aliphatic carbocycles. The number of nitrogens with zero attached hydrogens (tertiary/aromatic N) is 2. The highest BCUT2D eigenvalue weighted by Crippen LogP contribution is 2.33. The Morgan fingerprint density at radius 1 is 1.30 bits per heavy atom. The number of benzene rings is 1. The first-order valence-electron chi connectivity index (χ1n) is 6.86. The van der Waals surface area contributed by atoms with E-state index in [9.17, 15) is 4.39 Å². The van der Waals surface area contributed by atoms with Crippen molar-refractivity contribution in [3.05, 3.63) is 40.7 Å². The average Bonchev–Trinajstić information content (AvgIpc) is 2.85. The summed E-state index contributed by atoms with van der Waals surface area (Å²) in [7, 11) is 1.92. The Morgan fingerprint density at radius 2 is 2.05 bits per heavy atom. The highest BCUT2D eigenvalue weighted by Gasteiger charge is 2.17. The molecule has 2 aromatic rings. The van der Waals surface area contributed by atoms with Gasteiger partial charge in [-0.2, -0.15) is 0 Å². The molecule has 20 heavy (non-hydrogen) atoms. The van der Waals surface area contributed by atoms with Crippen molar-refractivity contribution >= 4 is 22.2 Å². The van der Waals surface area contributed by atoms with E-state index in [0.717, 1.165) is 23.8 Å². The third-order valence-electron chi connectivity index (χ3n) is 3.13. The zero-order chi connectivity index (χ0) is 14.5. The highest BCUT2D eigenvalue weighted by atomic mass is 32.1. The van der Waals surface area contributed by atoms with E-state index in [1.54, 1.807) is 23.5 Å². The molecular formula is C15H20FN3S. The fourth-order valence-electron chi connectivity index (χ4n) is 2.14. The summed E-state index contributed by atoms with van der Waals surface area (Å²) in [6.07, 6.45) is 0.891. The zero-order valence-electron chi connectivity index (χ0n) is 12.1. The molecule has 0 bridgehead atoms. The largest absolute Gasteiger partial charge is 0.315 e. The Kier molecular flexibility index (Phi) is 5.09. The molecule has 3 nitrogen and oxygen atoms in total. The Hall–Kier alpha value is -1.46. The van der Waals surface area contributed by atoms with Crippen molar-refractivity contribution in [3.8, 4) is 0 Å². The summed E-state index contributed by atoms with van der Waals surface area (Å²) in [6.45, 7) is 5.60. The van der Waals surface area contributed by atoms with Crippen LogP contribution in [-0.4, -0.2) is 18.6 Å². The fourth-order valence-corrected chi connectivity index (χ4v) is 3.38. The van der Waals surface area contributed by atoms with Gasteiger partial charge in [-0.1, -0.05) is 30.4 Å². The Bertz CT molecular complexity index is 568. The molecule has 108 valence electrons. The third kappa shape index (κ3) is 2.99. The van der Waals surface area contributed by atoms with E-state index in [0.29, 0.717) is 12.2 Å². The van der Waals surface area contributed by atoms with E-state index in [-0.39, 0.29) is 5.82 Å². The van der Waals surface area contributed by atoms with Crippen LogP contribution in [0.4, 0.5) is 15.2 Å². The van der Waals surface area contributed by atoms with Gasteiger partial charge in [-0.3, -0.25) is 0 Å². The number of halogens is 1. The lowest BCUT2D eigenvalue weighted by atomic mass is 10.3. The average molecular weight is 293 g/mol. The van der Waals surface area contributed by atoms with E-state index in [4.69, 9.17) is 0 Å². The van der Waals surface area contributed by atoms with Gasteiger partial charge in [0.15, 0.2) is 5.13 Å². The van der Waals surface area contributed by atoms with Crippen LogP contribution in [0.5, 0.6) is 0 Å². The third-order valence-corrected chi connectivity index (χ3v) is 4.25. The van der Waals surface area contributed by atoms with E-state index in [1.165, 1.54) is 10.9 Å². The highest BCUT2D eigenvalue weighted by molar-refractivity contribution is 7.15. The van der Waals surface area contributed by atoms with E-state index >= 15 is 0 Å². The molecule has 0 aliphatic heterocycles. The molecule has 0 aliphatic rings. The number of nitrogens with one attached hydrogen (secondary N) is 1. The van der Waals surface area contributed by atoms with Crippen LogP contribution in [0.25, 0.3) is 0 Å². The quantitative estimate of drug-likeness (QED) is 0.880. The van der Waals surface area contributed by atoms with Crippen LogP contribution < -0.4 is 10.2 Å². The molecule has 2 rings (SSSR count). The summed E-state index contributed by atoms with van der Waals surface area (Å²) in [5.41, 5.74) is 1.68. The lowest BCUT2D eigenvalue weighted by Gasteiger charge is -2.20. The summed E-state index contributed by atoms with van der Waals surface area (Å²) in [6, 6.07) is 6.84. The SMILES string of the molecule is CCc1nc(N(CC)c2ccccc2F)sc1CNC. The lowest BCUT2D eigenvalue weighted by Crippen LogP contribution is -2.17. The number of para-hydroxylation sites is 1. The van der Waals surface area contributed by atoms with Gasteiger partial charge in [0.05, 0.1) is 11.4 Å². The molecule has 1 aromatic heterocycles. The van der Waals surface area contributed by atoms with E-state index < -0.39 is 0 Å². The number of hydrogen-bond acceptors (Lipinski definition) is 4. The van der Waals surface area contributed by atoms with Crippen molar-refractivity contribution in [2.75, 3.05) is 18.5 Å². The van der Waals surface area contributed by atoms with Crippen molar-refractivity contribution in [2.45, 2.75) is 26.8 Å². The molecular weight excluding hydrogens is 273 g/mol. The summed E-state index contributed by atoms with van der Waals surface area (Å²) in [5, 5.41) is 4.02. The van der Waals surface area contributed by atoms with Crippen molar-refractivity contribution in [3.63, 3.8) is 0 Å². The molecule has 0 saturated heterocycles. The first kappa shape index (κ1) is 14.9. The van der Waals surface area contributed by atoms with Crippen LogP contribution in [-0.2, 0) is 13.0 Å². The smallest absolute Gasteiger partial charge is 0.190 e. The number of hydrogen-bond donors (Lipinski definition) is 1. The lowest BCUT2D eigenvalue weighted by molar-refractivity contribution is 0.625. The number of rotatable bonds is 6. The number of thiazole rings is 1. The zero-order valence-corrected chi connectivity index (χ0v) is 12.9. The van der Waals surface area contributed by atoms with Crippen LogP contribution >= 0.6 is 11.3 Å². The molecule has 0 saturated carbocycles. The van der Waals surface area contributed by atoms with Crippen LogP contribution in [0.3, 0.4) is 0 Å². The van der Waals surface area contributed by atoms with Crippen LogP contribution in [0.1, 0.15) is 24.4 Å². The van der Waals surface area contributed by atoms with Gasteiger partial charge in [0, 0.05) is 18.0 Å². The number of anilines is 2. The Labute approximate surface area is 123 Å². The van der Waals surface area contributed by atoms with Gasteiger partial charge in [0.25, 0.3) is 0 Å². The second kappa shape index (κ2) is 6.81. The van der Waals surface area contributed by atoms with Crippen LogP contribution in [0.15, 0.2) is 24.3 Å². The van der Waals surface area contributed by atoms with Crippen molar-refractivity contribution in [1.29, 1.82) is 0 Å². The van der Waals surface area contributed by atoms with Gasteiger partial charge in [-0.15, -0.1) is 0 Å². The minimum absolute atomic E-state index is 0.210. The minimum Gasteiger partial charge on any atom is -0.315 e. The van der Waals surface area contributed by atoms with E-state index in [2.05, 4.69) is 17.2 Å². The maximum absolute atomic E-state index is 14.0. The molecule has 0 amide bonds. The monoisotopic (exact) mass is 293 g/mol. The first-order valence-corrected chi connectivity index (χ1v) is 7.68. The van der Waals surface area contributed by atoms with Gasteiger partial charge in [-0.25, -0.2) is 9.37 Å². The van der Waals surface area contributed by atoms with Crippen LogP contribution in [0.2, 0.25) is 0 Å². The summed E-state index contributed by atoms with van der Waals surface area (Å²) in [4.78, 5) is 7.82. The predicted octanol–water partition coefficient (Wildman–Crippen LogP) is 3.72. The van der Waals surface area contributed by atoms with Crippen molar-refractivity contribution < 1.29 is 4.39 Å². The van der Waals surface area contributed by atoms with Gasteiger partial charge >= 0.3 is 0 Å². The fraction of sp³-hybridized carbons (Fsp3) is 0.400. The molecule has 0 unspecified atom stereocenters. The summed E-state index contributed by atoms with van der Waals surface area (Å²) in [5.74, 6) is -0.210. The Balaban J connectivity index is 2.39. The van der Waals surface area contributed by atoms with E-state index in [1.807, 2.05) is 24.9 Å². The van der Waals surface area contributed by atoms with Crippen molar-refractivity contribution in [1.82, 2.24) is 10.3 Å². The number of aromatic nitrogens is 1. The topological polar surface area (TPSA) is 28.2 Å². The number of aryl methyl sites for hydroxylation is 1.